The Morgan fingerprint density at radius 3 is 0.823 bits per heavy atom. The van der Waals surface area contributed by atoms with Gasteiger partial charge in [0.25, 0.3) is 0 Å². The quantitative estimate of drug-likeness (QED) is 0.168. The molecular weight excluding hydrogens is 965 g/mol. The van der Waals surface area contributed by atoms with Crippen molar-refractivity contribution < 1.29 is 0 Å². The molecule has 0 atom stereocenters. The molecule has 414 valence electrons. The zero-order chi connectivity index (χ0) is 54.8. The van der Waals surface area contributed by atoms with E-state index in [9.17, 15) is 0 Å². The molecule has 0 N–H and O–H groups in total. The van der Waals surface area contributed by atoms with Crippen molar-refractivity contribution >= 4 is 91.2 Å². The highest BCUT2D eigenvalue weighted by Gasteiger charge is 2.21. The number of para-hydroxylation sites is 4. The summed E-state index contributed by atoms with van der Waals surface area (Å²) in [6.07, 6.45) is 13.8. The molecule has 0 radical (unpaired) electrons. The van der Waals surface area contributed by atoms with Crippen LogP contribution in [0.15, 0.2) is 161 Å². The first-order valence-corrected chi connectivity index (χ1v) is 28.5. The van der Waals surface area contributed by atoms with E-state index < -0.39 is 0 Å². The molecule has 8 heteroatoms. The average molecular weight is 1060 g/mol. The fraction of sp³-hybridized carbons (Fsp3) is 0.380. The lowest BCUT2D eigenvalue weighted by Gasteiger charge is -2.01. The van der Waals surface area contributed by atoms with Gasteiger partial charge in [0.05, 0.1) is 45.5 Å². The zero-order valence-corrected chi connectivity index (χ0v) is 48.3. The summed E-state index contributed by atoms with van der Waals surface area (Å²) in [5.41, 5.74) is 30.3. The van der Waals surface area contributed by atoms with E-state index in [-0.39, 0.29) is 14.9 Å². The summed E-state index contributed by atoms with van der Waals surface area (Å²) in [4.78, 5) is 36.0. The number of hydrogen-bond acceptors (Lipinski definition) is 8. The van der Waals surface area contributed by atoms with Gasteiger partial charge < -0.3 is 0 Å². The Hall–Kier alpha value is -7.32. The van der Waals surface area contributed by atoms with Crippen molar-refractivity contribution in [1.29, 1.82) is 0 Å². The number of benzene rings is 6. The summed E-state index contributed by atoms with van der Waals surface area (Å²) in [6, 6.07) is 42.1. The number of rotatable bonds is 4. The summed E-state index contributed by atoms with van der Waals surface area (Å²) < 4.78 is 0. The van der Waals surface area contributed by atoms with Gasteiger partial charge in [0.1, 0.15) is 0 Å². The van der Waals surface area contributed by atoms with Gasteiger partial charge in [0, 0.05) is 97.1 Å². The molecule has 8 heterocycles. The van der Waals surface area contributed by atoms with Gasteiger partial charge >= 0.3 is 0 Å². The lowest BCUT2D eigenvalue weighted by molar-refractivity contribution is 1.09. The van der Waals surface area contributed by atoms with Crippen molar-refractivity contribution in [3.8, 4) is 0 Å². The summed E-state index contributed by atoms with van der Waals surface area (Å²) in [6.45, 7) is 25.2. The fourth-order valence-electron chi connectivity index (χ4n) is 10.0. The van der Waals surface area contributed by atoms with Gasteiger partial charge in [-0.1, -0.05) is 156 Å². The molecule has 8 nitrogen and oxygen atoms in total. The van der Waals surface area contributed by atoms with Crippen LogP contribution in [0.5, 0.6) is 0 Å². The van der Waals surface area contributed by atoms with Crippen LogP contribution < -0.4 is 0 Å². The van der Waals surface area contributed by atoms with Gasteiger partial charge in [-0.15, -0.1) is 0 Å². The van der Waals surface area contributed by atoms with E-state index in [4.69, 9.17) is 0 Å². The summed E-state index contributed by atoms with van der Waals surface area (Å²) in [5, 5.41) is 0. The fourth-order valence-corrected chi connectivity index (χ4v) is 10.0. The maximum absolute atomic E-state index is 4.64. The minimum atomic E-state index is 0. The molecule has 0 saturated carbocycles. The van der Waals surface area contributed by atoms with Gasteiger partial charge in [-0.3, -0.25) is 39.9 Å². The summed E-state index contributed by atoms with van der Waals surface area (Å²) in [5.74, 6) is 0. The standard InChI is InChI=1S/2C13H14N2.2C10H11N.2C9H9N.C3H8.C2H6.2CH4/c1-3-11-5-10-7-12-9(4-8(2)14-12)6-13(10)15-11;1-3-11-6-10-5-9-4-8(2)14-12(9)7-13(10)15-11;2*1-2-9-7-8-5-3-4-6-10(8)11-9;2*1-7-6-8-4-2-3-5-9(8)10-7;1-3-2;1-2;;/h6-7H,3-5H2,1-2H3;5,7H,3-4,6H2,1-2H3;2*3-6H,2,7H2,1H3;2*2-5H,6H2,1H3;3H2,1-2H3;1-2H3;2*1H4. The zero-order valence-electron chi connectivity index (χ0n) is 48.3. The van der Waals surface area contributed by atoms with E-state index in [0.29, 0.717) is 0 Å². The smallest absolute Gasteiger partial charge is 0.0686 e. The number of fused-ring (bicyclic) bond motifs is 8. The topological polar surface area (TPSA) is 98.9 Å². The molecule has 0 aliphatic carbocycles. The summed E-state index contributed by atoms with van der Waals surface area (Å²) >= 11 is 0. The second-order valence-electron chi connectivity index (χ2n) is 20.4. The van der Waals surface area contributed by atoms with Gasteiger partial charge in [0.15, 0.2) is 0 Å². The van der Waals surface area contributed by atoms with Crippen molar-refractivity contribution in [2.24, 2.45) is 39.9 Å². The van der Waals surface area contributed by atoms with Crippen LogP contribution in [0.2, 0.25) is 0 Å². The average Bonchev–Trinajstić information content (AvgIpc) is 4.37. The lowest BCUT2D eigenvalue weighted by Crippen LogP contribution is -1.95. The summed E-state index contributed by atoms with van der Waals surface area (Å²) in [7, 11) is 0. The second kappa shape index (κ2) is 30.7. The molecule has 0 aromatic heterocycles. The SMILES string of the molecule is C.C.CC.CC1=Nc2ccccc2C1.CC1=Nc2ccccc2C1.CCC.CCC1=Nc2cc3c(cc2C1)CC(C)=N3.CCC1=Nc2cc3c(cc2C1)N=C(C)C3.CCC1=Nc2ccccc2C1.CCC1=Nc2ccccc2C1. The minimum absolute atomic E-state index is 0. The molecule has 0 spiro atoms. The van der Waals surface area contributed by atoms with Crippen LogP contribution >= 0.6 is 0 Å². The molecule has 0 saturated heterocycles. The van der Waals surface area contributed by atoms with E-state index in [1.54, 1.807) is 0 Å². The maximum atomic E-state index is 4.64. The van der Waals surface area contributed by atoms with Gasteiger partial charge in [-0.25, -0.2) is 0 Å². The van der Waals surface area contributed by atoms with E-state index in [2.05, 4.69) is 206 Å². The molecule has 79 heavy (non-hydrogen) atoms. The Balaban J connectivity index is 0.000000172. The molecule has 8 aliphatic heterocycles. The van der Waals surface area contributed by atoms with Crippen LogP contribution in [-0.2, 0) is 51.4 Å². The monoisotopic (exact) mass is 1050 g/mol. The van der Waals surface area contributed by atoms with Gasteiger partial charge in [0.2, 0.25) is 0 Å². The maximum Gasteiger partial charge on any atom is 0.0686 e. The molecule has 14 rings (SSSR count). The third-order valence-corrected chi connectivity index (χ3v) is 13.9. The predicted molar refractivity (Wildman–Crippen MR) is 350 cm³/mol. The highest BCUT2D eigenvalue weighted by Crippen LogP contribution is 2.39. The molecule has 0 fully saturated rings. The van der Waals surface area contributed by atoms with Crippen LogP contribution in [0.4, 0.5) is 45.5 Å². The first kappa shape index (κ1) is 62.5. The Bertz CT molecular complexity index is 3180. The van der Waals surface area contributed by atoms with Gasteiger partial charge in [-0.2, -0.15) is 0 Å². The first-order valence-electron chi connectivity index (χ1n) is 28.5. The van der Waals surface area contributed by atoms with Crippen molar-refractivity contribution in [2.45, 2.75) is 181 Å². The minimum Gasteiger partial charge on any atom is -0.257 e. The Kier molecular flexibility index (Phi) is 24.3. The normalized spacial score (nSPS) is 14.6. The molecule has 0 bridgehead atoms. The van der Waals surface area contributed by atoms with E-state index in [1.165, 1.54) is 119 Å². The first-order chi connectivity index (χ1) is 37.4. The largest absolute Gasteiger partial charge is 0.257 e. The van der Waals surface area contributed by atoms with Crippen molar-refractivity contribution in [2.75, 3.05) is 0 Å². The van der Waals surface area contributed by atoms with Crippen LogP contribution in [0.3, 0.4) is 0 Å². The van der Waals surface area contributed by atoms with E-state index in [0.717, 1.165) is 99.8 Å². The van der Waals surface area contributed by atoms with Crippen LogP contribution in [0.1, 0.15) is 175 Å². The molecule has 6 aromatic carbocycles. The number of nitrogens with zero attached hydrogens (tertiary/aromatic N) is 8. The highest BCUT2D eigenvalue weighted by molar-refractivity contribution is 5.99. The Labute approximate surface area is 476 Å². The molecule has 0 amide bonds. The van der Waals surface area contributed by atoms with Crippen LogP contribution in [0.25, 0.3) is 0 Å². The van der Waals surface area contributed by atoms with Crippen molar-refractivity contribution in [3.63, 3.8) is 0 Å². The third kappa shape index (κ3) is 16.8. The molecular formula is C71H90N8. The number of hydrogen-bond donors (Lipinski definition) is 0. The van der Waals surface area contributed by atoms with Gasteiger partial charge in [-0.05, 0) is 140 Å². The van der Waals surface area contributed by atoms with Crippen LogP contribution in [0, 0.1) is 0 Å². The van der Waals surface area contributed by atoms with Crippen molar-refractivity contribution in [3.05, 3.63) is 166 Å². The number of aliphatic imine (C=N–C) groups is 8. The van der Waals surface area contributed by atoms with E-state index in [1.807, 2.05) is 38.1 Å². The third-order valence-electron chi connectivity index (χ3n) is 13.9. The predicted octanol–water partition coefficient (Wildman–Crippen LogP) is 20.6. The second-order valence-corrected chi connectivity index (χ2v) is 20.4. The molecule has 0 unspecified atom stereocenters. The Morgan fingerprint density at radius 2 is 0.481 bits per heavy atom. The van der Waals surface area contributed by atoms with Crippen molar-refractivity contribution in [1.82, 2.24) is 0 Å². The molecule has 8 aliphatic rings. The van der Waals surface area contributed by atoms with E-state index >= 15 is 0 Å². The Morgan fingerprint density at radius 1 is 0.266 bits per heavy atom. The lowest BCUT2D eigenvalue weighted by atomic mass is 10.0. The molecule has 6 aromatic rings. The highest BCUT2D eigenvalue weighted by atomic mass is 14.8. The van der Waals surface area contributed by atoms with Crippen LogP contribution in [-0.4, -0.2) is 45.7 Å².